The summed E-state index contributed by atoms with van der Waals surface area (Å²) in [6, 6.07) is 1.22. The number of amides is 2. The molecule has 2 amide bonds. The first kappa shape index (κ1) is 22.2. The van der Waals surface area contributed by atoms with Gasteiger partial charge in [-0.2, -0.15) is 0 Å². The van der Waals surface area contributed by atoms with Gasteiger partial charge in [0.15, 0.2) is 17.5 Å². The summed E-state index contributed by atoms with van der Waals surface area (Å²) >= 11 is 0. The zero-order valence-electron chi connectivity index (χ0n) is 16.7. The van der Waals surface area contributed by atoms with Crippen LogP contribution < -0.4 is 10.6 Å². The molecule has 0 aromatic heterocycles. The Hall–Kier alpha value is -2.09. The van der Waals surface area contributed by atoms with Gasteiger partial charge in [0.2, 0.25) is 11.8 Å². The van der Waals surface area contributed by atoms with E-state index in [0.29, 0.717) is 11.8 Å². The first-order valence-electron chi connectivity index (χ1n) is 9.55. The van der Waals surface area contributed by atoms with E-state index < -0.39 is 35.1 Å². The predicted octanol–water partition coefficient (Wildman–Crippen LogP) is 3.30. The molecule has 1 fully saturated rings. The Bertz CT molecular complexity index is 729. The summed E-state index contributed by atoms with van der Waals surface area (Å²) < 4.78 is 39.9. The number of carbonyl (C=O) groups is 2. The third kappa shape index (κ3) is 5.25. The number of anilines is 1. The van der Waals surface area contributed by atoms with E-state index >= 15 is 0 Å². The first-order valence-corrected chi connectivity index (χ1v) is 9.55. The van der Waals surface area contributed by atoms with E-state index in [9.17, 15) is 22.8 Å². The fourth-order valence-corrected chi connectivity index (χ4v) is 3.46. The third-order valence-electron chi connectivity index (χ3n) is 5.78. The molecule has 8 heteroatoms. The molecule has 1 aliphatic rings. The Morgan fingerprint density at radius 2 is 1.86 bits per heavy atom. The van der Waals surface area contributed by atoms with Gasteiger partial charge in [0.25, 0.3) is 0 Å². The molecular weight excluding hydrogens is 371 g/mol. The molecule has 1 aromatic carbocycles. The molecule has 1 aromatic rings. The molecule has 28 heavy (non-hydrogen) atoms. The lowest BCUT2D eigenvalue weighted by Crippen LogP contribution is -2.51. The number of rotatable bonds is 6. The molecule has 0 aliphatic heterocycles. The van der Waals surface area contributed by atoms with E-state index in [-0.39, 0.29) is 18.5 Å². The largest absolute Gasteiger partial charge is 0.352 e. The van der Waals surface area contributed by atoms with E-state index in [1.54, 1.807) is 14.0 Å². The maximum atomic E-state index is 13.7. The summed E-state index contributed by atoms with van der Waals surface area (Å²) in [5.41, 5.74) is -0.445. The van der Waals surface area contributed by atoms with Gasteiger partial charge in [-0.25, -0.2) is 13.2 Å². The first-order chi connectivity index (χ1) is 13.1. The van der Waals surface area contributed by atoms with Crippen LogP contribution >= 0.6 is 0 Å². The van der Waals surface area contributed by atoms with Crippen molar-refractivity contribution in [2.45, 2.75) is 52.1 Å². The smallest absolute Gasteiger partial charge is 0.238 e. The van der Waals surface area contributed by atoms with Crippen molar-refractivity contribution in [3.05, 3.63) is 29.6 Å². The van der Waals surface area contributed by atoms with Crippen LogP contribution in [0.4, 0.5) is 18.9 Å². The van der Waals surface area contributed by atoms with Gasteiger partial charge in [0, 0.05) is 6.04 Å². The second-order valence-electron chi connectivity index (χ2n) is 7.74. The molecule has 2 N–H and O–H groups in total. The molecule has 156 valence electrons. The van der Waals surface area contributed by atoms with Crippen molar-refractivity contribution in [1.82, 2.24) is 10.2 Å². The quantitative estimate of drug-likeness (QED) is 0.722. The van der Waals surface area contributed by atoms with Crippen molar-refractivity contribution < 1.29 is 22.8 Å². The molecule has 0 saturated heterocycles. The molecule has 1 aliphatic carbocycles. The minimum Gasteiger partial charge on any atom is -0.352 e. The molecule has 0 bridgehead atoms. The summed E-state index contributed by atoms with van der Waals surface area (Å²) in [6.07, 6.45) is 3.16. The standard InChI is InChI=1S/C20H28F3N3O2/c1-11-6-5-7-15(12(11)2)25-20(28)13(3)26(4)10-17(27)24-16-9-8-14(21)18(22)19(16)23/h8-9,11-13,15H,5-7,10H2,1-4H3,(H,24,27)(H,25,28)/t11-,12+,13+,15+/m0/s1. The van der Waals surface area contributed by atoms with Gasteiger partial charge in [0.1, 0.15) is 0 Å². The normalized spacial score (nSPS) is 23.4. The fraction of sp³-hybridized carbons (Fsp3) is 0.600. The number of halogens is 3. The van der Waals surface area contributed by atoms with Crippen LogP contribution in [0.25, 0.3) is 0 Å². The van der Waals surface area contributed by atoms with Gasteiger partial charge in [-0.3, -0.25) is 14.5 Å². The number of likely N-dealkylation sites (N-methyl/N-ethyl adjacent to an activating group) is 1. The highest BCUT2D eigenvalue weighted by Gasteiger charge is 2.30. The zero-order chi connectivity index (χ0) is 21.0. The average molecular weight is 399 g/mol. The highest BCUT2D eigenvalue weighted by atomic mass is 19.2. The third-order valence-corrected chi connectivity index (χ3v) is 5.78. The lowest BCUT2D eigenvalue weighted by Gasteiger charge is -2.36. The van der Waals surface area contributed by atoms with Gasteiger partial charge in [0.05, 0.1) is 18.3 Å². The maximum absolute atomic E-state index is 13.7. The zero-order valence-corrected chi connectivity index (χ0v) is 16.7. The monoisotopic (exact) mass is 399 g/mol. The van der Waals surface area contributed by atoms with Crippen molar-refractivity contribution >= 4 is 17.5 Å². The molecule has 0 spiro atoms. The molecule has 0 radical (unpaired) electrons. The van der Waals surface area contributed by atoms with Crippen molar-refractivity contribution in [3.8, 4) is 0 Å². The van der Waals surface area contributed by atoms with E-state index in [1.807, 2.05) is 0 Å². The molecule has 0 heterocycles. The summed E-state index contributed by atoms with van der Waals surface area (Å²) in [6.45, 7) is 5.79. The number of nitrogens with one attached hydrogen (secondary N) is 2. The Morgan fingerprint density at radius 3 is 2.54 bits per heavy atom. The Morgan fingerprint density at radius 1 is 1.18 bits per heavy atom. The van der Waals surface area contributed by atoms with Crippen LogP contribution in [0.2, 0.25) is 0 Å². The molecular formula is C20H28F3N3O2. The summed E-state index contributed by atoms with van der Waals surface area (Å²) in [5, 5.41) is 5.27. The highest BCUT2D eigenvalue weighted by Crippen LogP contribution is 2.29. The highest BCUT2D eigenvalue weighted by molar-refractivity contribution is 5.93. The second-order valence-corrected chi connectivity index (χ2v) is 7.74. The number of hydrogen-bond donors (Lipinski definition) is 2. The minimum atomic E-state index is -1.64. The summed E-state index contributed by atoms with van der Waals surface area (Å²) in [4.78, 5) is 26.2. The Labute approximate surface area is 163 Å². The van der Waals surface area contributed by atoms with Crippen LogP contribution in [0.15, 0.2) is 12.1 Å². The second kappa shape index (κ2) is 9.41. The van der Waals surface area contributed by atoms with E-state index in [4.69, 9.17) is 0 Å². The van der Waals surface area contributed by atoms with E-state index in [1.165, 1.54) is 4.90 Å². The molecule has 4 atom stereocenters. The van der Waals surface area contributed by atoms with Gasteiger partial charge in [-0.05, 0) is 44.4 Å². The Balaban J connectivity index is 1.90. The predicted molar refractivity (Wildman–Crippen MR) is 101 cm³/mol. The van der Waals surface area contributed by atoms with Crippen LogP contribution in [-0.4, -0.2) is 42.4 Å². The van der Waals surface area contributed by atoms with E-state index in [2.05, 4.69) is 24.5 Å². The SMILES string of the molecule is C[C@@H]1[C@@H](C)CCC[C@H]1NC(=O)[C@@H](C)N(C)CC(=O)Nc1ccc(F)c(F)c1F. The Kier molecular flexibility index (Phi) is 7.46. The van der Waals surface area contributed by atoms with Crippen LogP contribution in [0.3, 0.4) is 0 Å². The van der Waals surface area contributed by atoms with Gasteiger partial charge in [-0.1, -0.05) is 26.7 Å². The van der Waals surface area contributed by atoms with Crippen LogP contribution in [0.5, 0.6) is 0 Å². The van der Waals surface area contributed by atoms with E-state index in [0.717, 1.165) is 31.4 Å². The van der Waals surface area contributed by atoms with Crippen molar-refractivity contribution in [2.24, 2.45) is 11.8 Å². The average Bonchev–Trinajstić information content (AvgIpc) is 2.65. The molecule has 1 saturated carbocycles. The number of benzene rings is 1. The lowest BCUT2D eigenvalue weighted by atomic mass is 9.78. The molecule has 2 rings (SSSR count). The number of nitrogens with zero attached hydrogens (tertiary/aromatic N) is 1. The van der Waals surface area contributed by atoms with Crippen molar-refractivity contribution in [1.29, 1.82) is 0 Å². The van der Waals surface area contributed by atoms with Crippen molar-refractivity contribution in [2.75, 3.05) is 18.9 Å². The van der Waals surface area contributed by atoms with Gasteiger partial charge >= 0.3 is 0 Å². The lowest BCUT2D eigenvalue weighted by molar-refractivity contribution is -0.127. The topological polar surface area (TPSA) is 61.4 Å². The summed E-state index contributed by atoms with van der Waals surface area (Å²) in [7, 11) is 1.60. The molecule has 0 unspecified atom stereocenters. The number of carbonyl (C=O) groups excluding carboxylic acids is 2. The maximum Gasteiger partial charge on any atom is 0.238 e. The summed E-state index contributed by atoms with van der Waals surface area (Å²) in [5.74, 6) is -4.31. The number of hydrogen-bond acceptors (Lipinski definition) is 3. The van der Waals surface area contributed by atoms with Crippen LogP contribution in [0.1, 0.15) is 40.0 Å². The molecule has 5 nitrogen and oxygen atoms in total. The van der Waals surface area contributed by atoms with Crippen LogP contribution in [0, 0.1) is 29.3 Å². The van der Waals surface area contributed by atoms with Gasteiger partial charge in [-0.15, -0.1) is 0 Å². The fourth-order valence-electron chi connectivity index (χ4n) is 3.46. The minimum absolute atomic E-state index is 0.109. The van der Waals surface area contributed by atoms with Crippen molar-refractivity contribution in [3.63, 3.8) is 0 Å². The van der Waals surface area contributed by atoms with Gasteiger partial charge < -0.3 is 10.6 Å². The van der Waals surface area contributed by atoms with Crippen LogP contribution in [-0.2, 0) is 9.59 Å².